The Morgan fingerprint density at radius 2 is 2.04 bits per heavy atom. The number of hydrogen-bond donors (Lipinski definition) is 2. The molecule has 0 radical (unpaired) electrons. The number of nitrogens with one attached hydrogen (secondary N) is 2. The van der Waals surface area contributed by atoms with Gasteiger partial charge in [0.15, 0.2) is 0 Å². The highest BCUT2D eigenvalue weighted by Gasteiger charge is 2.38. The van der Waals surface area contributed by atoms with Crippen LogP contribution in [0.3, 0.4) is 0 Å². The van der Waals surface area contributed by atoms with Crippen LogP contribution in [0.2, 0.25) is 0 Å². The van der Waals surface area contributed by atoms with Crippen LogP contribution in [-0.2, 0) is 22.7 Å². The third-order valence-corrected chi connectivity index (χ3v) is 4.04. The van der Waals surface area contributed by atoms with Crippen molar-refractivity contribution >= 4 is 17.8 Å². The third-order valence-electron chi connectivity index (χ3n) is 4.04. The number of methoxy groups -OCH3 is 1. The van der Waals surface area contributed by atoms with Gasteiger partial charge in [-0.1, -0.05) is 12.1 Å². The predicted octanol–water partition coefficient (Wildman–Crippen LogP) is 1.42. The van der Waals surface area contributed by atoms with Crippen molar-refractivity contribution in [1.29, 1.82) is 0 Å². The van der Waals surface area contributed by atoms with Gasteiger partial charge in [0.2, 0.25) is 5.91 Å². The summed E-state index contributed by atoms with van der Waals surface area (Å²) in [6.07, 6.45) is 1.39. The molecule has 0 bridgehead atoms. The fraction of sp³-hybridized carbons (Fsp3) is 0.278. The molecule has 8 nitrogen and oxygen atoms in total. The number of benzene rings is 1. The van der Waals surface area contributed by atoms with Gasteiger partial charge in [0.25, 0.3) is 5.91 Å². The van der Waals surface area contributed by atoms with E-state index in [1.54, 1.807) is 43.5 Å². The number of imide groups is 1. The maximum Gasteiger partial charge on any atom is 0.325 e. The number of nitrogens with zero attached hydrogens (tertiary/aromatic N) is 1. The van der Waals surface area contributed by atoms with Crippen molar-refractivity contribution in [2.24, 2.45) is 0 Å². The number of amides is 4. The van der Waals surface area contributed by atoms with E-state index in [0.717, 1.165) is 10.5 Å². The van der Waals surface area contributed by atoms with E-state index in [1.165, 1.54) is 6.26 Å². The van der Waals surface area contributed by atoms with E-state index >= 15 is 0 Å². The van der Waals surface area contributed by atoms with Crippen LogP contribution in [0.5, 0.6) is 5.75 Å². The average Bonchev–Trinajstić information content (AvgIpc) is 3.25. The Bertz CT molecular complexity index is 786. The van der Waals surface area contributed by atoms with Gasteiger partial charge < -0.3 is 19.8 Å². The van der Waals surface area contributed by atoms with Gasteiger partial charge in [-0.2, -0.15) is 0 Å². The SMILES string of the molecule is COc1ccc(CN2C(=O)NC(CC(=O)NCc3ccco3)C2=O)cc1. The minimum Gasteiger partial charge on any atom is -0.497 e. The minimum atomic E-state index is -0.864. The van der Waals surface area contributed by atoms with Crippen molar-refractivity contribution in [1.82, 2.24) is 15.5 Å². The van der Waals surface area contributed by atoms with Gasteiger partial charge in [0.05, 0.1) is 32.9 Å². The molecule has 2 aromatic rings. The fourth-order valence-corrected chi connectivity index (χ4v) is 2.63. The highest BCUT2D eigenvalue weighted by molar-refractivity contribution is 6.05. The van der Waals surface area contributed by atoms with Crippen LogP contribution in [0.15, 0.2) is 47.1 Å². The van der Waals surface area contributed by atoms with Gasteiger partial charge in [-0.15, -0.1) is 0 Å². The van der Waals surface area contributed by atoms with Crippen LogP contribution in [0.25, 0.3) is 0 Å². The molecule has 26 heavy (non-hydrogen) atoms. The van der Waals surface area contributed by atoms with Crippen LogP contribution < -0.4 is 15.4 Å². The molecule has 0 aliphatic carbocycles. The molecule has 2 N–H and O–H groups in total. The summed E-state index contributed by atoms with van der Waals surface area (Å²) in [5.74, 6) is 0.545. The Balaban J connectivity index is 1.54. The molecule has 1 saturated heterocycles. The molecule has 2 heterocycles. The number of rotatable bonds is 7. The number of furan rings is 1. The maximum atomic E-state index is 12.4. The lowest BCUT2D eigenvalue weighted by atomic mass is 10.1. The molecule has 0 spiro atoms. The average molecular weight is 357 g/mol. The number of urea groups is 1. The smallest absolute Gasteiger partial charge is 0.325 e. The lowest BCUT2D eigenvalue weighted by molar-refractivity contribution is -0.131. The Hall–Kier alpha value is -3.29. The topological polar surface area (TPSA) is 101 Å². The molecule has 136 valence electrons. The quantitative estimate of drug-likeness (QED) is 0.730. The van der Waals surface area contributed by atoms with Crippen LogP contribution in [-0.4, -0.2) is 35.9 Å². The van der Waals surface area contributed by atoms with Crippen molar-refractivity contribution in [3.05, 3.63) is 54.0 Å². The molecular formula is C18H19N3O5. The summed E-state index contributed by atoms with van der Waals surface area (Å²) >= 11 is 0. The summed E-state index contributed by atoms with van der Waals surface area (Å²) in [5, 5.41) is 5.21. The third kappa shape index (κ3) is 4.02. The molecular weight excluding hydrogens is 338 g/mol. The van der Waals surface area contributed by atoms with Gasteiger partial charge in [0.1, 0.15) is 17.6 Å². The van der Waals surface area contributed by atoms with Crippen LogP contribution in [0.4, 0.5) is 4.79 Å². The second-order valence-corrected chi connectivity index (χ2v) is 5.83. The van der Waals surface area contributed by atoms with Gasteiger partial charge in [0, 0.05) is 0 Å². The molecule has 1 aliphatic heterocycles. The number of ether oxygens (including phenoxy) is 1. The first-order valence-corrected chi connectivity index (χ1v) is 8.10. The number of carbonyl (C=O) groups excluding carboxylic acids is 3. The monoisotopic (exact) mass is 357 g/mol. The van der Waals surface area contributed by atoms with Crippen LogP contribution >= 0.6 is 0 Å². The van der Waals surface area contributed by atoms with Gasteiger partial charge >= 0.3 is 6.03 Å². The van der Waals surface area contributed by atoms with E-state index in [9.17, 15) is 14.4 Å². The largest absolute Gasteiger partial charge is 0.497 e. The lowest BCUT2D eigenvalue weighted by Crippen LogP contribution is -2.36. The fourth-order valence-electron chi connectivity index (χ4n) is 2.63. The first-order valence-electron chi connectivity index (χ1n) is 8.10. The van der Waals surface area contributed by atoms with Crippen molar-refractivity contribution in [3.63, 3.8) is 0 Å². The van der Waals surface area contributed by atoms with Crippen LogP contribution in [0, 0.1) is 0 Å². The number of hydrogen-bond acceptors (Lipinski definition) is 5. The summed E-state index contributed by atoms with van der Waals surface area (Å²) in [4.78, 5) is 37.6. The van der Waals surface area contributed by atoms with E-state index < -0.39 is 18.0 Å². The van der Waals surface area contributed by atoms with Crippen molar-refractivity contribution in [2.75, 3.05) is 7.11 Å². The van der Waals surface area contributed by atoms with Gasteiger partial charge in [-0.3, -0.25) is 14.5 Å². The summed E-state index contributed by atoms with van der Waals surface area (Å²) in [6.45, 7) is 0.370. The first kappa shape index (κ1) is 17.5. The molecule has 1 fully saturated rings. The molecule has 1 aromatic heterocycles. The number of carbonyl (C=O) groups is 3. The highest BCUT2D eigenvalue weighted by atomic mass is 16.5. The molecule has 4 amide bonds. The zero-order chi connectivity index (χ0) is 18.5. The zero-order valence-electron chi connectivity index (χ0n) is 14.2. The maximum absolute atomic E-state index is 12.4. The van der Waals surface area contributed by atoms with Crippen LogP contribution in [0.1, 0.15) is 17.7 Å². The summed E-state index contributed by atoms with van der Waals surface area (Å²) in [6, 6.07) is 9.16. The molecule has 3 rings (SSSR count). The van der Waals surface area contributed by atoms with Crippen molar-refractivity contribution in [3.8, 4) is 5.75 Å². The standard InChI is InChI=1S/C18H19N3O5/c1-25-13-6-4-12(5-7-13)11-21-17(23)15(20-18(21)24)9-16(22)19-10-14-3-2-8-26-14/h2-8,15H,9-11H2,1H3,(H,19,22)(H,20,24). The molecule has 0 saturated carbocycles. The minimum absolute atomic E-state index is 0.121. The van der Waals surface area contributed by atoms with Crippen molar-refractivity contribution in [2.45, 2.75) is 25.6 Å². The Kier molecular flexibility index (Phi) is 5.21. The van der Waals surface area contributed by atoms with E-state index in [-0.39, 0.29) is 25.4 Å². The molecule has 1 unspecified atom stereocenters. The summed E-state index contributed by atoms with van der Waals surface area (Å²) in [7, 11) is 1.56. The van der Waals surface area contributed by atoms with E-state index in [0.29, 0.717) is 11.5 Å². The molecule has 8 heteroatoms. The normalized spacial score (nSPS) is 16.5. The Labute approximate surface area is 150 Å². The zero-order valence-corrected chi connectivity index (χ0v) is 14.2. The van der Waals surface area contributed by atoms with E-state index in [2.05, 4.69) is 10.6 Å². The predicted molar refractivity (Wildman–Crippen MR) is 91.0 cm³/mol. The summed E-state index contributed by atoms with van der Waals surface area (Å²) < 4.78 is 10.2. The highest BCUT2D eigenvalue weighted by Crippen LogP contribution is 2.17. The second-order valence-electron chi connectivity index (χ2n) is 5.83. The second kappa shape index (κ2) is 7.73. The Morgan fingerprint density at radius 1 is 1.27 bits per heavy atom. The summed E-state index contributed by atoms with van der Waals surface area (Å²) in [5.41, 5.74) is 0.789. The Morgan fingerprint density at radius 3 is 2.69 bits per heavy atom. The lowest BCUT2D eigenvalue weighted by Gasteiger charge is -2.13. The molecule has 1 aliphatic rings. The van der Waals surface area contributed by atoms with Gasteiger partial charge in [-0.25, -0.2) is 4.79 Å². The van der Waals surface area contributed by atoms with E-state index in [4.69, 9.17) is 9.15 Å². The molecule has 1 atom stereocenters. The van der Waals surface area contributed by atoms with E-state index in [1.807, 2.05) is 0 Å². The first-order chi connectivity index (χ1) is 12.6. The van der Waals surface area contributed by atoms with Gasteiger partial charge in [-0.05, 0) is 29.8 Å². The van der Waals surface area contributed by atoms with Crippen molar-refractivity contribution < 1.29 is 23.5 Å². The molecule has 1 aromatic carbocycles.